The summed E-state index contributed by atoms with van der Waals surface area (Å²) in [6.45, 7) is 4.72. The van der Waals surface area contributed by atoms with E-state index in [1.165, 1.54) is 51.4 Å². The van der Waals surface area contributed by atoms with Gasteiger partial charge in [0, 0.05) is 5.56 Å². The van der Waals surface area contributed by atoms with Crippen molar-refractivity contribution in [1.29, 1.82) is 0 Å². The maximum absolute atomic E-state index is 12.6. The highest BCUT2D eigenvalue weighted by Crippen LogP contribution is 2.27. The molecule has 0 spiro atoms. The quantitative estimate of drug-likeness (QED) is 0.105. The molecule has 2 rings (SSSR count). The Kier molecular flexibility index (Phi) is 11.9. The van der Waals surface area contributed by atoms with Crippen molar-refractivity contribution in [3.8, 4) is 0 Å². The zero-order chi connectivity index (χ0) is 24.9. The smallest absolute Gasteiger partial charge is 0.261 e. The van der Waals surface area contributed by atoms with Gasteiger partial charge in [-0.05, 0) is 38.0 Å². The Morgan fingerprint density at radius 2 is 1.38 bits per heavy atom. The Morgan fingerprint density at radius 3 is 1.97 bits per heavy atom. The molecule has 0 aliphatic rings. The fourth-order valence-electron chi connectivity index (χ4n) is 4.20. The van der Waals surface area contributed by atoms with E-state index in [4.69, 9.17) is 4.18 Å². The minimum absolute atomic E-state index is 0.105. The Hall–Kier alpha value is -2.02. The highest BCUT2D eigenvalue weighted by molar-refractivity contribution is 7.86. The third-order valence-electron chi connectivity index (χ3n) is 6.43. The SMILES string of the molecule is CCCCCCCCCCCC[N+](C)(C=O)c1ccccc1COS(=O)(=O)c1ccc(C)cc1. The number of hydrogen-bond acceptors (Lipinski definition) is 4. The standard InChI is InChI=1S/C28H42NO4S/c1-4-5-6-7-8-9-10-11-12-15-22-29(3,24-30)28-17-14-13-16-26(28)23-33-34(31,32)27-20-18-25(2)19-21-27/h13-14,16-21,24H,4-12,15,22-23H2,1-3H3/q+1. The first-order valence-corrected chi connectivity index (χ1v) is 14.1. The third kappa shape index (κ3) is 8.97. The van der Waals surface area contributed by atoms with Crippen molar-refractivity contribution in [3.63, 3.8) is 0 Å². The highest BCUT2D eigenvalue weighted by atomic mass is 32.2. The molecule has 1 amide bonds. The molecular formula is C28H42NO4S+. The number of carbonyl (C=O) groups is 1. The molecule has 0 fully saturated rings. The molecule has 0 aliphatic heterocycles. The monoisotopic (exact) mass is 488 g/mol. The Labute approximate surface area is 206 Å². The number of para-hydroxylation sites is 1. The molecule has 188 valence electrons. The van der Waals surface area contributed by atoms with Gasteiger partial charge < -0.3 is 0 Å². The van der Waals surface area contributed by atoms with Gasteiger partial charge in [-0.15, -0.1) is 0 Å². The largest absolute Gasteiger partial charge is 0.306 e. The molecule has 5 nitrogen and oxygen atoms in total. The van der Waals surface area contributed by atoms with Gasteiger partial charge in [-0.1, -0.05) is 94.2 Å². The minimum atomic E-state index is -3.88. The molecule has 6 heteroatoms. The van der Waals surface area contributed by atoms with E-state index in [9.17, 15) is 13.2 Å². The number of nitrogens with zero attached hydrogens (tertiary/aromatic N) is 1. The number of carbonyl (C=O) groups excluding carboxylic acids is 1. The second-order valence-electron chi connectivity index (χ2n) is 9.44. The van der Waals surface area contributed by atoms with Crippen LogP contribution in [0.5, 0.6) is 0 Å². The first-order chi connectivity index (χ1) is 16.3. The Morgan fingerprint density at radius 1 is 0.824 bits per heavy atom. The first kappa shape index (κ1) is 28.2. The highest BCUT2D eigenvalue weighted by Gasteiger charge is 2.28. The molecule has 2 aromatic carbocycles. The van der Waals surface area contributed by atoms with Crippen LogP contribution in [0.3, 0.4) is 0 Å². The average Bonchev–Trinajstić information content (AvgIpc) is 2.84. The lowest BCUT2D eigenvalue weighted by molar-refractivity contribution is -0.116. The van der Waals surface area contributed by atoms with E-state index in [2.05, 4.69) is 6.92 Å². The van der Waals surface area contributed by atoms with Gasteiger partial charge in [0.15, 0.2) is 0 Å². The van der Waals surface area contributed by atoms with Crippen molar-refractivity contribution >= 4 is 22.2 Å². The number of rotatable bonds is 17. The third-order valence-corrected chi connectivity index (χ3v) is 7.71. The van der Waals surface area contributed by atoms with Crippen molar-refractivity contribution in [3.05, 3.63) is 59.7 Å². The lowest BCUT2D eigenvalue weighted by Crippen LogP contribution is -2.45. The normalized spacial score (nSPS) is 13.5. The average molecular weight is 489 g/mol. The summed E-state index contributed by atoms with van der Waals surface area (Å²) in [6.07, 6.45) is 13.3. The summed E-state index contributed by atoms with van der Waals surface area (Å²) in [5, 5.41) is 0. The lowest BCUT2D eigenvalue weighted by atomic mass is 10.1. The molecule has 1 atom stereocenters. The van der Waals surface area contributed by atoms with Gasteiger partial charge in [0.1, 0.15) is 5.69 Å². The van der Waals surface area contributed by atoms with E-state index in [0.717, 1.165) is 30.5 Å². The molecule has 0 heterocycles. The molecule has 0 saturated carbocycles. The van der Waals surface area contributed by atoms with Crippen LogP contribution in [-0.4, -0.2) is 28.4 Å². The van der Waals surface area contributed by atoms with Gasteiger partial charge in [-0.25, -0.2) is 9.28 Å². The molecule has 0 bridgehead atoms. The fraction of sp³-hybridized carbons (Fsp3) is 0.536. The van der Waals surface area contributed by atoms with E-state index in [0.29, 0.717) is 12.1 Å². The molecule has 1 unspecified atom stereocenters. The fourth-order valence-corrected chi connectivity index (χ4v) is 5.09. The van der Waals surface area contributed by atoms with Gasteiger partial charge in [0.2, 0.25) is 0 Å². The lowest BCUT2D eigenvalue weighted by Gasteiger charge is -2.28. The number of amides is 1. The van der Waals surface area contributed by atoms with E-state index < -0.39 is 10.1 Å². The van der Waals surface area contributed by atoms with Gasteiger partial charge >= 0.3 is 6.41 Å². The summed E-state index contributed by atoms with van der Waals surface area (Å²) in [7, 11) is -1.99. The van der Waals surface area contributed by atoms with E-state index in [-0.39, 0.29) is 16.0 Å². The van der Waals surface area contributed by atoms with Crippen LogP contribution in [-0.2, 0) is 25.7 Å². The van der Waals surface area contributed by atoms with Crippen LogP contribution in [0.2, 0.25) is 0 Å². The molecular weight excluding hydrogens is 446 g/mol. The van der Waals surface area contributed by atoms with E-state index in [1.54, 1.807) is 24.3 Å². The van der Waals surface area contributed by atoms with Crippen molar-refractivity contribution in [2.75, 3.05) is 13.6 Å². The number of hydrogen-bond donors (Lipinski definition) is 0. The van der Waals surface area contributed by atoms with Crippen molar-refractivity contribution in [2.24, 2.45) is 0 Å². The molecule has 34 heavy (non-hydrogen) atoms. The Bertz CT molecular complexity index is 972. The van der Waals surface area contributed by atoms with Crippen molar-refractivity contribution < 1.29 is 17.4 Å². The van der Waals surface area contributed by atoms with Crippen molar-refractivity contribution in [1.82, 2.24) is 4.48 Å². The van der Waals surface area contributed by atoms with Crippen LogP contribution in [0.25, 0.3) is 0 Å². The molecule has 0 aromatic heterocycles. The summed E-state index contributed by atoms with van der Waals surface area (Å²) < 4.78 is 30.7. The minimum Gasteiger partial charge on any atom is -0.261 e. The summed E-state index contributed by atoms with van der Waals surface area (Å²) in [4.78, 5) is 12.3. The van der Waals surface area contributed by atoms with E-state index >= 15 is 0 Å². The number of benzene rings is 2. The molecule has 0 N–H and O–H groups in total. The second kappa shape index (κ2) is 14.4. The Balaban J connectivity index is 1.91. The van der Waals surface area contributed by atoms with Gasteiger partial charge in [-0.2, -0.15) is 8.42 Å². The zero-order valence-electron chi connectivity index (χ0n) is 21.2. The summed E-state index contributed by atoms with van der Waals surface area (Å²) in [5.74, 6) is 0. The van der Waals surface area contributed by atoms with Crippen LogP contribution in [0.1, 0.15) is 82.3 Å². The molecule has 0 saturated heterocycles. The molecule has 0 aliphatic carbocycles. The molecule has 2 aromatic rings. The maximum atomic E-state index is 12.6. The van der Waals surface area contributed by atoms with Crippen LogP contribution in [0, 0.1) is 6.92 Å². The van der Waals surface area contributed by atoms with Crippen LogP contribution >= 0.6 is 0 Å². The van der Waals surface area contributed by atoms with Crippen molar-refractivity contribution in [2.45, 2.75) is 89.6 Å². The van der Waals surface area contributed by atoms with Gasteiger partial charge in [0.05, 0.1) is 25.1 Å². The predicted octanol–water partition coefficient (Wildman–Crippen LogP) is 6.91. The number of aryl methyl sites for hydroxylation is 1. The predicted molar refractivity (Wildman–Crippen MR) is 140 cm³/mol. The van der Waals surface area contributed by atoms with Gasteiger partial charge in [0.25, 0.3) is 10.1 Å². The topological polar surface area (TPSA) is 60.4 Å². The first-order valence-electron chi connectivity index (χ1n) is 12.7. The zero-order valence-corrected chi connectivity index (χ0v) is 22.0. The van der Waals surface area contributed by atoms with Gasteiger partial charge in [-0.3, -0.25) is 4.18 Å². The van der Waals surface area contributed by atoms with E-state index in [1.807, 2.05) is 38.2 Å². The maximum Gasteiger partial charge on any atom is 0.306 e. The summed E-state index contributed by atoms with van der Waals surface area (Å²) >= 11 is 0. The van der Waals surface area contributed by atoms with Crippen LogP contribution in [0.4, 0.5) is 5.69 Å². The van der Waals surface area contributed by atoms with Crippen LogP contribution in [0.15, 0.2) is 53.4 Å². The molecule has 0 radical (unpaired) electrons. The van der Waals surface area contributed by atoms with Crippen LogP contribution < -0.4 is 4.48 Å². The summed E-state index contributed by atoms with van der Waals surface area (Å²) in [5.41, 5.74) is 2.47. The number of quaternary nitrogens is 1. The second-order valence-corrected chi connectivity index (χ2v) is 11.1. The number of unbranched alkanes of at least 4 members (excludes halogenated alkanes) is 9. The summed E-state index contributed by atoms with van der Waals surface area (Å²) in [6, 6.07) is 14.0.